The van der Waals surface area contributed by atoms with Crippen LogP contribution in [0.1, 0.15) is 34.0 Å². The molecule has 0 aromatic heterocycles. The normalized spacial score (nSPS) is 11.2. The predicted octanol–water partition coefficient (Wildman–Crippen LogP) is 3.62. The second-order valence-corrected chi connectivity index (χ2v) is 7.37. The van der Waals surface area contributed by atoms with E-state index in [9.17, 15) is 13.2 Å². The fraction of sp³-hybridized carbons (Fsp3) is 0.278. The Kier molecular flexibility index (Phi) is 4.99. The number of methoxy groups -OCH3 is 1. The van der Waals surface area contributed by atoms with Crippen LogP contribution in [0, 0.1) is 20.8 Å². The molecule has 5 nitrogen and oxygen atoms in total. The van der Waals surface area contributed by atoms with Crippen molar-refractivity contribution in [1.29, 1.82) is 0 Å². The summed E-state index contributed by atoms with van der Waals surface area (Å²) in [6.45, 7) is 6.82. The fourth-order valence-corrected chi connectivity index (χ4v) is 4.06. The third kappa shape index (κ3) is 3.43. The summed E-state index contributed by atoms with van der Waals surface area (Å²) in [6.07, 6.45) is 0. The fourth-order valence-electron chi connectivity index (χ4n) is 2.63. The molecule has 2 rings (SSSR count). The molecule has 0 saturated carbocycles. The number of aryl methyl sites for hydroxylation is 1. The van der Waals surface area contributed by atoms with Crippen LogP contribution in [0.3, 0.4) is 0 Å². The number of carbonyl (C=O) groups excluding carboxylic acids is 1. The molecule has 1 N–H and O–H groups in total. The lowest BCUT2D eigenvalue weighted by molar-refractivity contribution is 0.101. The summed E-state index contributed by atoms with van der Waals surface area (Å²) in [4.78, 5) is 11.7. The van der Waals surface area contributed by atoms with Crippen LogP contribution in [0.2, 0.25) is 0 Å². The Morgan fingerprint density at radius 3 is 2.33 bits per heavy atom. The summed E-state index contributed by atoms with van der Waals surface area (Å²) in [6, 6.07) is 8.03. The first-order valence-corrected chi connectivity index (χ1v) is 8.94. The Hall–Kier alpha value is -2.34. The molecule has 0 bridgehead atoms. The second kappa shape index (κ2) is 6.65. The maximum absolute atomic E-state index is 12.8. The highest BCUT2D eigenvalue weighted by Crippen LogP contribution is 2.31. The molecule has 0 saturated heterocycles. The minimum Gasteiger partial charge on any atom is -0.496 e. The number of hydrogen-bond acceptors (Lipinski definition) is 4. The van der Waals surface area contributed by atoms with E-state index in [1.54, 1.807) is 45.2 Å². The van der Waals surface area contributed by atoms with Crippen LogP contribution in [0.4, 0.5) is 5.69 Å². The van der Waals surface area contributed by atoms with E-state index in [0.29, 0.717) is 22.6 Å². The third-order valence-electron chi connectivity index (χ3n) is 3.99. The molecule has 2 aromatic rings. The lowest BCUT2D eigenvalue weighted by atomic mass is 10.1. The van der Waals surface area contributed by atoms with Crippen molar-refractivity contribution in [3.05, 3.63) is 52.6 Å². The lowest BCUT2D eigenvalue weighted by Crippen LogP contribution is -2.16. The van der Waals surface area contributed by atoms with Gasteiger partial charge < -0.3 is 4.74 Å². The third-order valence-corrected chi connectivity index (χ3v) is 5.50. The van der Waals surface area contributed by atoms with Crippen molar-refractivity contribution in [3.63, 3.8) is 0 Å². The minimum absolute atomic E-state index is 0.122. The first kappa shape index (κ1) is 18.0. The zero-order chi connectivity index (χ0) is 18.1. The monoisotopic (exact) mass is 347 g/mol. The molecule has 0 atom stereocenters. The predicted molar refractivity (Wildman–Crippen MR) is 94.5 cm³/mol. The molecule has 0 aliphatic heterocycles. The highest BCUT2D eigenvalue weighted by Gasteiger charge is 2.21. The summed E-state index contributed by atoms with van der Waals surface area (Å²) in [5, 5.41) is 0. The smallest absolute Gasteiger partial charge is 0.262 e. The van der Waals surface area contributed by atoms with E-state index in [1.165, 1.54) is 13.0 Å². The van der Waals surface area contributed by atoms with E-state index in [0.717, 1.165) is 11.1 Å². The topological polar surface area (TPSA) is 72.5 Å². The van der Waals surface area contributed by atoms with Gasteiger partial charge >= 0.3 is 0 Å². The lowest BCUT2D eigenvalue weighted by Gasteiger charge is -2.17. The highest BCUT2D eigenvalue weighted by molar-refractivity contribution is 7.92. The summed E-state index contributed by atoms with van der Waals surface area (Å²) in [5.41, 5.74) is 2.98. The Balaban J connectivity index is 2.49. The summed E-state index contributed by atoms with van der Waals surface area (Å²) in [7, 11) is -2.21. The average molecular weight is 347 g/mol. The molecule has 0 aliphatic carbocycles. The van der Waals surface area contributed by atoms with E-state index < -0.39 is 10.0 Å². The number of rotatable bonds is 5. The molecule has 0 aliphatic rings. The number of nitrogens with one attached hydrogen (secondary N) is 1. The number of Topliss-reactive ketones (excluding diaryl/α,β-unsaturated/α-hetero) is 1. The van der Waals surface area contributed by atoms with Crippen LogP contribution in [-0.4, -0.2) is 21.3 Å². The first-order chi connectivity index (χ1) is 11.2. The average Bonchev–Trinajstić information content (AvgIpc) is 2.51. The number of benzene rings is 2. The van der Waals surface area contributed by atoms with E-state index in [4.69, 9.17) is 4.74 Å². The molecule has 6 heteroatoms. The number of sulfonamides is 1. The van der Waals surface area contributed by atoms with Gasteiger partial charge in [-0.25, -0.2) is 8.42 Å². The van der Waals surface area contributed by atoms with Crippen LogP contribution in [0.25, 0.3) is 0 Å². The molecule has 24 heavy (non-hydrogen) atoms. The van der Waals surface area contributed by atoms with Crippen molar-refractivity contribution in [2.75, 3.05) is 11.8 Å². The molecule has 2 aromatic carbocycles. The summed E-state index contributed by atoms with van der Waals surface area (Å²) in [5.74, 6) is 0.563. The van der Waals surface area contributed by atoms with Crippen molar-refractivity contribution in [1.82, 2.24) is 0 Å². The number of ether oxygens (including phenoxy) is 1. The van der Waals surface area contributed by atoms with E-state index in [2.05, 4.69) is 4.72 Å². The van der Waals surface area contributed by atoms with Gasteiger partial charge in [0.05, 0.1) is 12.0 Å². The van der Waals surface area contributed by atoms with Gasteiger partial charge in [0, 0.05) is 11.3 Å². The SMILES string of the molecule is COc1c(C)cc(S(=O)(=O)Nc2cccc(C(C)=O)c2)c(C)c1C. The molecule has 0 spiro atoms. The van der Waals surface area contributed by atoms with E-state index in [1.807, 2.05) is 6.92 Å². The molecule has 0 heterocycles. The summed E-state index contributed by atoms with van der Waals surface area (Å²) < 4.78 is 33.4. The Morgan fingerprint density at radius 2 is 1.75 bits per heavy atom. The van der Waals surface area contributed by atoms with Crippen LogP contribution in [0.15, 0.2) is 35.2 Å². The molecule has 0 unspecified atom stereocenters. The largest absolute Gasteiger partial charge is 0.496 e. The van der Waals surface area contributed by atoms with Gasteiger partial charge in [0.15, 0.2) is 5.78 Å². The van der Waals surface area contributed by atoms with E-state index in [-0.39, 0.29) is 10.7 Å². The zero-order valence-corrected chi connectivity index (χ0v) is 15.2. The number of ketones is 1. The van der Waals surface area contributed by atoms with Crippen LogP contribution < -0.4 is 9.46 Å². The van der Waals surface area contributed by atoms with Crippen LogP contribution in [0.5, 0.6) is 5.75 Å². The van der Waals surface area contributed by atoms with Crippen molar-refractivity contribution in [2.24, 2.45) is 0 Å². The van der Waals surface area contributed by atoms with Crippen molar-refractivity contribution < 1.29 is 17.9 Å². The standard InChI is InChI=1S/C18H21NO4S/c1-11-9-17(12(2)13(3)18(11)23-5)24(21,22)19-16-8-6-7-15(10-16)14(4)20/h6-10,19H,1-5H3. The molecule has 128 valence electrons. The van der Waals surface area contributed by atoms with Crippen LogP contribution >= 0.6 is 0 Å². The first-order valence-electron chi connectivity index (χ1n) is 7.46. The maximum Gasteiger partial charge on any atom is 0.262 e. The molecule has 0 fully saturated rings. The zero-order valence-electron chi connectivity index (χ0n) is 14.4. The molecule has 0 amide bonds. The quantitative estimate of drug-likeness (QED) is 0.839. The van der Waals surface area contributed by atoms with Gasteiger partial charge in [0.1, 0.15) is 5.75 Å². The van der Waals surface area contributed by atoms with Crippen molar-refractivity contribution in [3.8, 4) is 5.75 Å². The van der Waals surface area contributed by atoms with Gasteiger partial charge in [-0.1, -0.05) is 12.1 Å². The van der Waals surface area contributed by atoms with Crippen molar-refractivity contribution >= 4 is 21.5 Å². The minimum atomic E-state index is -3.77. The number of anilines is 1. The Labute approximate surface area is 142 Å². The van der Waals surface area contributed by atoms with Gasteiger partial charge in [-0.05, 0) is 62.6 Å². The number of carbonyl (C=O) groups is 1. The molecular formula is C18H21NO4S. The van der Waals surface area contributed by atoms with Gasteiger partial charge in [-0.3, -0.25) is 9.52 Å². The summed E-state index contributed by atoms with van der Waals surface area (Å²) >= 11 is 0. The Bertz CT molecular complexity index is 901. The Morgan fingerprint density at radius 1 is 1.08 bits per heavy atom. The van der Waals surface area contributed by atoms with Gasteiger partial charge in [0.25, 0.3) is 10.0 Å². The van der Waals surface area contributed by atoms with Crippen molar-refractivity contribution in [2.45, 2.75) is 32.6 Å². The molecule has 0 radical (unpaired) electrons. The van der Waals surface area contributed by atoms with E-state index >= 15 is 0 Å². The van der Waals surface area contributed by atoms with Gasteiger partial charge in [-0.15, -0.1) is 0 Å². The highest BCUT2D eigenvalue weighted by atomic mass is 32.2. The maximum atomic E-state index is 12.8. The van der Waals surface area contributed by atoms with Gasteiger partial charge in [-0.2, -0.15) is 0 Å². The molecular weight excluding hydrogens is 326 g/mol. The second-order valence-electron chi connectivity index (χ2n) is 5.72. The van der Waals surface area contributed by atoms with Gasteiger partial charge in [0.2, 0.25) is 0 Å². The van der Waals surface area contributed by atoms with Crippen LogP contribution in [-0.2, 0) is 10.0 Å². The number of hydrogen-bond donors (Lipinski definition) is 1.